The third-order valence-corrected chi connectivity index (χ3v) is 5.52. The van der Waals surface area contributed by atoms with Crippen molar-refractivity contribution in [2.24, 2.45) is 0 Å². The van der Waals surface area contributed by atoms with Gasteiger partial charge in [-0.1, -0.05) is 29.4 Å². The van der Waals surface area contributed by atoms with Gasteiger partial charge in [0.1, 0.15) is 5.75 Å². The standard InChI is InChI=1S/C17H21N3O3S/c1-24(21,22)11-16-18-17(23-19-16)10-20(13-7-8-13)15-9-6-12-4-2-3-5-14(12)15/h2-5,13,15H,6-11H2,1H3/t15-/m1/s1. The number of rotatable bonds is 6. The second kappa shape index (κ2) is 5.97. The Bertz CT molecular complexity index is 842. The fourth-order valence-electron chi connectivity index (χ4n) is 3.58. The first kappa shape index (κ1) is 15.8. The summed E-state index contributed by atoms with van der Waals surface area (Å²) in [5, 5.41) is 3.81. The van der Waals surface area contributed by atoms with E-state index >= 15 is 0 Å². The maximum absolute atomic E-state index is 11.4. The van der Waals surface area contributed by atoms with E-state index in [1.54, 1.807) is 0 Å². The van der Waals surface area contributed by atoms with Crippen LogP contribution in [0.4, 0.5) is 0 Å². The Morgan fingerprint density at radius 3 is 2.79 bits per heavy atom. The van der Waals surface area contributed by atoms with Crippen LogP contribution >= 0.6 is 0 Å². The molecular weight excluding hydrogens is 326 g/mol. The highest BCUT2D eigenvalue weighted by molar-refractivity contribution is 7.89. The smallest absolute Gasteiger partial charge is 0.240 e. The average Bonchev–Trinajstić information content (AvgIpc) is 3.13. The van der Waals surface area contributed by atoms with Gasteiger partial charge in [0, 0.05) is 18.3 Å². The van der Waals surface area contributed by atoms with Crippen molar-refractivity contribution in [3.63, 3.8) is 0 Å². The topological polar surface area (TPSA) is 76.3 Å². The molecule has 1 aromatic heterocycles. The van der Waals surface area contributed by atoms with Crippen LogP contribution in [0.25, 0.3) is 0 Å². The lowest BCUT2D eigenvalue weighted by molar-refractivity contribution is 0.154. The average molecular weight is 347 g/mol. The lowest BCUT2D eigenvalue weighted by Crippen LogP contribution is -2.29. The normalized spacial score (nSPS) is 20.5. The van der Waals surface area contributed by atoms with Crippen molar-refractivity contribution < 1.29 is 12.9 Å². The summed E-state index contributed by atoms with van der Waals surface area (Å²) >= 11 is 0. The van der Waals surface area contributed by atoms with Crippen LogP contribution in [0.15, 0.2) is 28.8 Å². The zero-order valence-corrected chi connectivity index (χ0v) is 14.5. The molecule has 2 aliphatic carbocycles. The molecule has 0 saturated heterocycles. The molecule has 7 heteroatoms. The van der Waals surface area contributed by atoms with Gasteiger partial charge in [-0.3, -0.25) is 4.90 Å². The number of hydrogen-bond donors (Lipinski definition) is 0. The molecule has 0 bridgehead atoms. The summed E-state index contributed by atoms with van der Waals surface area (Å²) in [6, 6.07) is 9.56. The van der Waals surface area contributed by atoms with Crippen molar-refractivity contribution in [3.8, 4) is 0 Å². The van der Waals surface area contributed by atoms with Gasteiger partial charge in [-0.2, -0.15) is 4.98 Å². The number of benzene rings is 1. The quantitative estimate of drug-likeness (QED) is 0.798. The third-order valence-electron chi connectivity index (χ3n) is 4.74. The minimum absolute atomic E-state index is 0.174. The molecule has 1 fully saturated rings. The van der Waals surface area contributed by atoms with Gasteiger partial charge in [-0.05, 0) is 36.8 Å². The maximum atomic E-state index is 11.4. The Morgan fingerprint density at radius 2 is 2.04 bits per heavy atom. The van der Waals surface area contributed by atoms with Gasteiger partial charge in [0.25, 0.3) is 0 Å². The van der Waals surface area contributed by atoms with Crippen molar-refractivity contribution in [1.29, 1.82) is 0 Å². The summed E-state index contributed by atoms with van der Waals surface area (Å²) in [7, 11) is -3.15. The molecule has 0 amide bonds. The van der Waals surface area contributed by atoms with E-state index in [0.717, 1.165) is 12.8 Å². The Balaban J connectivity index is 1.53. The molecule has 1 saturated carbocycles. The van der Waals surface area contributed by atoms with E-state index in [2.05, 4.69) is 39.3 Å². The molecule has 128 valence electrons. The lowest BCUT2D eigenvalue weighted by atomic mass is 10.1. The predicted octanol–water partition coefficient (Wildman–Crippen LogP) is 2.27. The summed E-state index contributed by atoms with van der Waals surface area (Å²) in [4.78, 5) is 6.72. The molecule has 0 spiro atoms. The Kier molecular flexibility index (Phi) is 3.92. The van der Waals surface area contributed by atoms with E-state index in [0.29, 0.717) is 24.5 Å². The highest BCUT2D eigenvalue weighted by Gasteiger charge is 2.38. The van der Waals surface area contributed by atoms with E-state index in [1.807, 2.05) is 0 Å². The minimum Gasteiger partial charge on any atom is -0.338 e. The first-order chi connectivity index (χ1) is 11.5. The molecule has 0 aliphatic heterocycles. The molecule has 0 N–H and O–H groups in total. The monoisotopic (exact) mass is 347 g/mol. The van der Waals surface area contributed by atoms with Gasteiger partial charge >= 0.3 is 0 Å². The molecular formula is C17H21N3O3S. The second-order valence-electron chi connectivity index (χ2n) is 6.83. The number of hydrogen-bond acceptors (Lipinski definition) is 6. The molecule has 2 aliphatic rings. The van der Waals surface area contributed by atoms with E-state index in [4.69, 9.17) is 4.52 Å². The molecule has 1 aromatic carbocycles. The summed E-state index contributed by atoms with van der Waals surface area (Å²) in [5.74, 6) is 0.576. The van der Waals surface area contributed by atoms with Crippen molar-refractivity contribution >= 4 is 9.84 Å². The lowest BCUT2D eigenvalue weighted by Gasteiger charge is -2.28. The van der Waals surface area contributed by atoms with Crippen molar-refractivity contribution in [1.82, 2.24) is 15.0 Å². The SMILES string of the molecule is CS(=O)(=O)Cc1noc(CN(C2CC2)[C@@H]2CCc3ccccc32)n1. The largest absolute Gasteiger partial charge is 0.338 e. The third kappa shape index (κ3) is 3.37. The molecule has 6 nitrogen and oxygen atoms in total. The minimum atomic E-state index is -3.15. The first-order valence-electron chi connectivity index (χ1n) is 8.32. The van der Waals surface area contributed by atoms with Crippen LogP contribution < -0.4 is 0 Å². The second-order valence-corrected chi connectivity index (χ2v) is 8.97. The molecule has 0 radical (unpaired) electrons. The van der Waals surface area contributed by atoms with Crippen LogP contribution in [0.3, 0.4) is 0 Å². The molecule has 1 heterocycles. The summed E-state index contributed by atoms with van der Waals surface area (Å²) in [5.41, 5.74) is 2.83. The Morgan fingerprint density at radius 1 is 1.25 bits per heavy atom. The van der Waals surface area contributed by atoms with Crippen LogP contribution in [0.5, 0.6) is 0 Å². The predicted molar refractivity (Wildman–Crippen MR) is 88.9 cm³/mol. The van der Waals surface area contributed by atoms with E-state index in [1.165, 1.54) is 30.2 Å². The number of aromatic nitrogens is 2. The van der Waals surface area contributed by atoms with Crippen LogP contribution in [-0.4, -0.2) is 35.8 Å². The summed E-state index contributed by atoms with van der Waals surface area (Å²) in [6.45, 7) is 0.584. The highest BCUT2D eigenvalue weighted by atomic mass is 32.2. The Hall–Kier alpha value is -1.73. The first-order valence-corrected chi connectivity index (χ1v) is 10.4. The fraction of sp³-hybridized carbons (Fsp3) is 0.529. The van der Waals surface area contributed by atoms with Crippen molar-refractivity contribution in [3.05, 3.63) is 47.1 Å². The van der Waals surface area contributed by atoms with Crippen molar-refractivity contribution in [2.75, 3.05) is 6.26 Å². The van der Waals surface area contributed by atoms with Crippen LogP contribution in [0.2, 0.25) is 0 Å². The fourth-order valence-corrected chi connectivity index (χ4v) is 4.17. The molecule has 1 atom stereocenters. The van der Waals surface area contributed by atoms with Gasteiger partial charge in [0.2, 0.25) is 5.89 Å². The zero-order valence-electron chi connectivity index (χ0n) is 13.7. The summed E-state index contributed by atoms with van der Waals surface area (Å²) in [6.07, 6.45) is 5.79. The number of nitrogens with zero attached hydrogens (tertiary/aromatic N) is 3. The highest BCUT2D eigenvalue weighted by Crippen LogP contribution is 2.42. The Labute approximate surface area is 141 Å². The zero-order chi connectivity index (χ0) is 16.7. The van der Waals surface area contributed by atoms with Gasteiger partial charge in [0.15, 0.2) is 15.7 Å². The maximum Gasteiger partial charge on any atom is 0.240 e. The van der Waals surface area contributed by atoms with Gasteiger partial charge in [-0.15, -0.1) is 0 Å². The van der Waals surface area contributed by atoms with Gasteiger partial charge in [0.05, 0.1) is 6.54 Å². The molecule has 2 aromatic rings. The summed E-state index contributed by atoms with van der Waals surface area (Å²) < 4.78 is 28.0. The van der Waals surface area contributed by atoms with Crippen LogP contribution in [0.1, 0.15) is 48.1 Å². The number of aryl methyl sites for hydroxylation is 1. The van der Waals surface area contributed by atoms with Crippen molar-refractivity contribution in [2.45, 2.75) is 50.1 Å². The van der Waals surface area contributed by atoms with E-state index in [-0.39, 0.29) is 11.6 Å². The molecule has 4 rings (SSSR count). The van der Waals surface area contributed by atoms with E-state index < -0.39 is 9.84 Å². The number of fused-ring (bicyclic) bond motifs is 1. The van der Waals surface area contributed by atoms with Crippen LogP contribution in [-0.2, 0) is 28.6 Å². The van der Waals surface area contributed by atoms with Gasteiger partial charge in [-0.25, -0.2) is 8.42 Å². The number of sulfone groups is 1. The van der Waals surface area contributed by atoms with E-state index in [9.17, 15) is 8.42 Å². The molecule has 0 unspecified atom stereocenters. The van der Waals surface area contributed by atoms with Gasteiger partial charge < -0.3 is 4.52 Å². The molecule has 24 heavy (non-hydrogen) atoms. The van der Waals surface area contributed by atoms with Crippen LogP contribution in [0, 0.1) is 0 Å².